The highest BCUT2D eigenvalue weighted by Gasteiger charge is 2.71. The summed E-state index contributed by atoms with van der Waals surface area (Å²) in [5, 5.41) is 20.3. The Hall–Kier alpha value is -0.610. The maximum atomic E-state index is 12.0. The maximum Gasteiger partial charge on any atom is 0.331 e. The van der Waals surface area contributed by atoms with Crippen LogP contribution in [0.2, 0.25) is 0 Å². The molecule has 5 fully saturated rings. The third-order valence-electron chi connectivity index (χ3n) is 14.1. The molecule has 0 radical (unpaired) electrons. The smallest absolute Gasteiger partial charge is 0.331 e. The van der Waals surface area contributed by atoms with E-state index >= 15 is 0 Å². The molecule has 5 rings (SSSR count). The van der Waals surface area contributed by atoms with E-state index in [1.165, 1.54) is 44.9 Å². The molecule has 0 saturated heterocycles. The first-order valence-corrected chi connectivity index (χ1v) is 15.2. The summed E-state index contributed by atoms with van der Waals surface area (Å²) in [7, 11) is 0. The number of hydrogen-bond donors (Lipinski definition) is 2. The fraction of sp³-hybridized carbons (Fsp3) is 0.969. The minimum atomic E-state index is -0.514. The minimum Gasteiger partial charge on any atom is -0.463 e. The van der Waals surface area contributed by atoms with Crippen molar-refractivity contribution in [3.05, 3.63) is 0 Å². The highest BCUT2D eigenvalue weighted by atomic mass is 16.5. The molecule has 5 aliphatic carbocycles. The predicted molar refractivity (Wildman–Crippen MR) is 143 cm³/mol. The van der Waals surface area contributed by atoms with Crippen LogP contribution in [0.25, 0.3) is 0 Å². The van der Waals surface area contributed by atoms with Gasteiger partial charge in [-0.05, 0) is 121 Å². The maximum absolute atomic E-state index is 12.0. The molecule has 206 valence electrons. The lowest BCUT2D eigenvalue weighted by molar-refractivity contribution is -0.251. The Morgan fingerprint density at radius 1 is 0.861 bits per heavy atom. The second-order valence-corrected chi connectivity index (χ2v) is 15.7. The third-order valence-corrected chi connectivity index (χ3v) is 14.1. The Kier molecular flexibility index (Phi) is 6.52. The number of fused-ring (bicyclic) bond motifs is 7. The fourth-order valence-electron chi connectivity index (χ4n) is 12.0. The first-order chi connectivity index (χ1) is 16.8. The Labute approximate surface area is 220 Å². The van der Waals surface area contributed by atoms with Crippen LogP contribution in [0.15, 0.2) is 0 Å². The van der Waals surface area contributed by atoms with Gasteiger partial charge >= 0.3 is 5.97 Å². The molecule has 4 unspecified atom stereocenters. The number of carbonyl (C=O) groups is 1. The zero-order valence-corrected chi connectivity index (χ0v) is 24.2. The molecule has 4 heteroatoms. The highest BCUT2D eigenvalue weighted by Crippen LogP contribution is 2.77. The Balaban J connectivity index is 1.51. The number of hydrogen-bond acceptors (Lipinski definition) is 4. The highest BCUT2D eigenvalue weighted by molar-refractivity contribution is 5.70. The van der Waals surface area contributed by atoms with Crippen LogP contribution in [-0.2, 0) is 9.53 Å². The summed E-state index contributed by atoms with van der Waals surface area (Å²) in [6.07, 6.45) is 11.9. The molecule has 4 nitrogen and oxygen atoms in total. The standard InChI is InChI=1S/C32H54O4/c1-20(2)21-10-15-32(19-36-26(35)18-33)17-16-30(6)22(27(21)32)8-9-24-29(5)13-12-25(34)28(3,4)23(29)11-14-31(24,30)7/h20-25,27,33-34H,8-19H2,1-7H3/t21-,22?,23?,24?,25-,27?,29-,30+,31+,32+/m0/s1. The van der Waals surface area contributed by atoms with Gasteiger partial charge in [0, 0.05) is 5.41 Å². The van der Waals surface area contributed by atoms with E-state index in [0.29, 0.717) is 52.4 Å². The topological polar surface area (TPSA) is 66.8 Å². The average Bonchev–Trinajstić information content (AvgIpc) is 3.21. The van der Waals surface area contributed by atoms with Gasteiger partial charge in [0.1, 0.15) is 6.61 Å². The number of ether oxygens (including phenoxy) is 1. The number of aliphatic hydroxyl groups is 2. The average molecular weight is 503 g/mol. The molecule has 0 aromatic rings. The largest absolute Gasteiger partial charge is 0.463 e. The van der Waals surface area contributed by atoms with Crippen LogP contribution >= 0.6 is 0 Å². The van der Waals surface area contributed by atoms with Gasteiger partial charge in [0.25, 0.3) is 0 Å². The van der Waals surface area contributed by atoms with Gasteiger partial charge < -0.3 is 14.9 Å². The summed E-state index contributed by atoms with van der Waals surface area (Å²) < 4.78 is 5.71. The van der Waals surface area contributed by atoms with Gasteiger partial charge in [-0.3, -0.25) is 0 Å². The van der Waals surface area contributed by atoms with Gasteiger partial charge in [-0.2, -0.15) is 0 Å². The van der Waals surface area contributed by atoms with Gasteiger partial charge in [-0.15, -0.1) is 0 Å². The van der Waals surface area contributed by atoms with E-state index < -0.39 is 12.6 Å². The van der Waals surface area contributed by atoms with Crippen molar-refractivity contribution in [2.45, 2.75) is 119 Å². The summed E-state index contributed by atoms with van der Waals surface area (Å²) in [5.41, 5.74) is 1.01. The Bertz CT molecular complexity index is 866. The van der Waals surface area contributed by atoms with Crippen molar-refractivity contribution in [2.24, 2.45) is 62.6 Å². The van der Waals surface area contributed by atoms with Crippen LogP contribution in [0, 0.1) is 62.6 Å². The molecule has 5 saturated carbocycles. The number of aliphatic hydroxyl groups excluding tert-OH is 2. The van der Waals surface area contributed by atoms with Crippen molar-refractivity contribution in [2.75, 3.05) is 13.2 Å². The molecule has 10 atom stereocenters. The molecular formula is C32H54O4. The van der Waals surface area contributed by atoms with Gasteiger partial charge in [-0.25, -0.2) is 4.79 Å². The lowest BCUT2D eigenvalue weighted by atomic mass is 9.32. The molecule has 36 heavy (non-hydrogen) atoms. The summed E-state index contributed by atoms with van der Waals surface area (Å²) >= 11 is 0. The summed E-state index contributed by atoms with van der Waals surface area (Å²) in [6.45, 7) is 17.4. The molecule has 0 aromatic carbocycles. The van der Waals surface area contributed by atoms with Crippen LogP contribution in [0.4, 0.5) is 0 Å². The Morgan fingerprint density at radius 2 is 1.58 bits per heavy atom. The second kappa shape index (κ2) is 8.70. The molecule has 0 aliphatic heterocycles. The third kappa shape index (κ3) is 3.48. The number of rotatable bonds is 4. The van der Waals surface area contributed by atoms with Gasteiger partial charge in [-0.1, -0.05) is 48.5 Å². The van der Waals surface area contributed by atoms with Crippen molar-refractivity contribution in [1.29, 1.82) is 0 Å². The Morgan fingerprint density at radius 3 is 2.25 bits per heavy atom. The van der Waals surface area contributed by atoms with Crippen molar-refractivity contribution in [3.8, 4) is 0 Å². The van der Waals surface area contributed by atoms with Crippen LogP contribution in [0.5, 0.6) is 0 Å². The molecule has 0 aromatic heterocycles. The SMILES string of the molecule is CC(C)[C@@H]1CC[C@]2(COC(=O)CO)CC[C@]3(C)C(CCC4[C@@]5(C)CC[C@H](O)C(C)(C)C5CC[C@]43C)C12. The van der Waals surface area contributed by atoms with E-state index in [9.17, 15) is 15.0 Å². The van der Waals surface area contributed by atoms with Gasteiger partial charge in [0.05, 0.1) is 12.7 Å². The van der Waals surface area contributed by atoms with Crippen LogP contribution in [-0.4, -0.2) is 35.5 Å². The van der Waals surface area contributed by atoms with Crippen molar-refractivity contribution in [1.82, 2.24) is 0 Å². The number of esters is 1. The summed E-state index contributed by atoms with van der Waals surface area (Å²) in [5.74, 6) is 3.48. The van der Waals surface area contributed by atoms with Gasteiger partial charge in [0.15, 0.2) is 0 Å². The van der Waals surface area contributed by atoms with Gasteiger partial charge in [0.2, 0.25) is 0 Å². The zero-order valence-electron chi connectivity index (χ0n) is 24.2. The molecule has 0 spiro atoms. The lowest BCUT2D eigenvalue weighted by Gasteiger charge is -2.73. The second-order valence-electron chi connectivity index (χ2n) is 15.7. The van der Waals surface area contributed by atoms with Crippen LogP contribution in [0.1, 0.15) is 113 Å². The van der Waals surface area contributed by atoms with Crippen LogP contribution < -0.4 is 0 Å². The molecular weight excluding hydrogens is 448 g/mol. The molecule has 0 amide bonds. The monoisotopic (exact) mass is 502 g/mol. The van der Waals surface area contributed by atoms with E-state index in [1.54, 1.807) is 0 Å². The van der Waals surface area contributed by atoms with Crippen LogP contribution in [0.3, 0.4) is 0 Å². The lowest BCUT2D eigenvalue weighted by Crippen LogP contribution is -2.67. The summed E-state index contributed by atoms with van der Waals surface area (Å²) in [6, 6.07) is 0. The molecule has 5 aliphatic rings. The fourth-order valence-corrected chi connectivity index (χ4v) is 12.0. The molecule has 0 bridgehead atoms. The quantitative estimate of drug-likeness (QED) is 0.424. The van der Waals surface area contributed by atoms with Crippen molar-refractivity contribution < 1.29 is 19.7 Å². The van der Waals surface area contributed by atoms with Crippen molar-refractivity contribution >= 4 is 5.97 Å². The van der Waals surface area contributed by atoms with E-state index in [2.05, 4.69) is 48.5 Å². The summed E-state index contributed by atoms with van der Waals surface area (Å²) in [4.78, 5) is 12.0. The van der Waals surface area contributed by atoms with E-state index in [1.807, 2.05) is 0 Å². The molecule has 0 heterocycles. The van der Waals surface area contributed by atoms with E-state index in [-0.39, 0.29) is 16.9 Å². The predicted octanol–water partition coefficient (Wildman–Crippen LogP) is 6.62. The van der Waals surface area contributed by atoms with Crippen molar-refractivity contribution in [3.63, 3.8) is 0 Å². The van der Waals surface area contributed by atoms with E-state index in [0.717, 1.165) is 25.2 Å². The van der Waals surface area contributed by atoms with E-state index in [4.69, 9.17) is 4.74 Å². The normalized spacial score (nSPS) is 51.6. The first-order valence-electron chi connectivity index (χ1n) is 15.2. The number of carbonyl (C=O) groups excluding carboxylic acids is 1. The first kappa shape index (κ1) is 27.0. The zero-order chi connectivity index (χ0) is 26.3. The minimum absolute atomic E-state index is 0.00141. The molecule has 2 N–H and O–H groups in total.